The molecule has 0 N–H and O–H groups in total. The first kappa shape index (κ1) is 22.1. The lowest BCUT2D eigenvalue weighted by Crippen LogP contribution is -2.56. The minimum atomic E-state index is -0.395. The van der Waals surface area contributed by atoms with Gasteiger partial charge in [-0.3, -0.25) is 4.90 Å². The molecule has 6 nitrogen and oxygen atoms in total. The Balaban J connectivity index is 1.76. The highest BCUT2D eigenvalue weighted by molar-refractivity contribution is 5.95. The quantitative estimate of drug-likeness (QED) is 0.632. The number of nitrogens with zero attached hydrogens (tertiary/aromatic N) is 2. The second kappa shape index (κ2) is 9.04. The maximum Gasteiger partial charge on any atom is 0.338 e. The van der Waals surface area contributed by atoms with Gasteiger partial charge in [-0.05, 0) is 47.2 Å². The number of methoxy groups -OCH3 is 1. The highest BCUT2D eigenvalue weighted by atomic mass is 16.5. The molecule has 1 fully saturated rings. The van der Waals surface area contributed by atoms with E-state index < -0.39 is 6.10 Å². The minimum Gasteiger partial charge on any atom is -0.455 e. The van der Waals surface area contributed by atoms with Crippen LogP contribution in [0.15, 0.2) is 36.4 Å². The van der Waals surface area contributed by atoms with E-state index in [2.05, 4.69) is 39.0 Å². The molecule has 1 unspecified atom stereocenters. The van der Waals surface area contributed by atoms with Crippen LogP contribution in [0.1, 0.15) is 50.0 Å². The van der Waals surface area contributed by atoms with Crippen molar-refractivity contribution in [2.75, 3.05) is 33.5 Å². The number of esters is 1. The molecule has 1 aliphatic rings. The van der Waals surface area contributed by atoms with E-state index in [1.54, 1.807) is 16.9 Å². The van der Waals surface area contributed by atoms with Gasteiger partial charge in [0.25, 0.3) is 0 Å². The van der Waals surface area contributed by atoms with Crippen LogP contribution in [0.3, 0.4) is 0 Å². The Kier molecular flexibility index (Phi) is 6.66. The van der Waals surface area contributed by atoms with Crippen molar-refractivity contribution in [3.63, 3.8) is 0 Å². The summed E-state index contributed by atoms with van der Waals surface area (Å²) >= 11 is 0. The fourth-order valence-electron chi connectivity index (χ4n) is 3.73. The number of urea groups is 1. The van der Waals surface area contributed by atoms with Crippen molar-refractivity contribution in [1.82, 2.24) is 9.80 Å². The lowest BCUT2D eigenvalue weighted by molar-refractivity contribution is -0.0204. The van der Waals surface area contributed by atoms with Crippen molar-refractivity contribution in [2.45, 2.75) is 45.6 Å². The molecular formula is C24H32N2O4. The average Bonchev–Trinajstić information content (AvgIpc) is 2.75. The van der Waals surface area contributed by atoms with E-state index in [-0.39, 0.29) is 24.1 Å². The molecule has 0 aliphatic carbocycles. The number of amides is 2. The molecule has 2 aromatic carbocycles. The number of hydrogen-bond donors (Lipinski definition) is 0. The summed E-state index contributed by atoms with van der Waals surface area (Å²) in [6.45, 7) is 10.0. The van der Waals surface area contributed by atoms with E-state index in [0.29, 0.717) is 25.2 Å². The third-order valence-electron chi connectivity index (χ3n) is 6.07. The minimum absolute atomic E-state index is 0.0943. The van der Waals surface area contributed by atoms with Crippen LogP contribution >= 0.6 is 0 Å². The van der Waals surface area contributed by atoms with Gasteiger partial charge in [0, 0.05) is 13.7 Å². The van der Waals surface area contributed by atoms with Crippen molar-refractivity contribution in [1.29, 1.82) is 0 Å². The summed E-state index contributed by atoms with van der Waals surface area (Å²) in [5.41, 5.74) is 1.92. The van der Waals surface area contributed by atoms with Crippen LogP contribution in [0.5, 0.6) is 0 Å². The molecular weight excluding hydrogens is 380 g/mol. The molecule has 1 saturated heterocycles. The van der Waals surface area contributed by atoms with E-state index in [1.807, 2.05) is 25.1 Å². The molecule has 0 saturated carbocycles. The first-order valence-corrected chi connectivity index (χ1v) is 10.6. The molecule has 0 radical (unpaired) electrons. The van der Waals surface area contributed by atoms with Gasteiger partial charge in [-0.25, -0.2) is 9.59 Å². The maximum absolute atomic E-state index is 12.8. The van der Waals surface area contributed by atoms with Crippen molar-refractivity contribution in [3.05, 3.63) is 47.5 Å². The topological polar surface area (TPSA) is 59.1 Å². The van der Waals surface area contributed by atoms with Gasteiger partial charge < -0.3 is 14.4 Å². The zero-order valence-electron chi connectivity index (χ0n) is 18.6. The Bertz CT molecular complexity index is 925. The standard InChI is InChI=1S/C24H32N2O4/c1-6-24(3,4)20-11-10-17-12-19(9-8-18(17)13-20)22(27)30-21-14-25(7-2)23(28)26(15-21)16-29-5/h8-13,21H,6-7,14-16H2,1-5H3. The van der Waals surface area contributed by atoms with E-state index >= 15 is 0 Å². The summed E-state index contributed by atoms with van der Waals surface area (Å²) < 4.78 is 10.9. The Morgan fingerprint density at radius 2 is 1.73 bits per heavy atom. The molecule has 2 aromatic rings. The van der Waals surface area contributed by atoms with Gasteiger partial charge in [0.05, 0.1) is 18.7 Å². The molecule has 1 aliphatic heterocycles. The number of ether oxygens (including phenoxy) is 2. The molecule has 1 atom stereocenters. The number of fused-ring (bicyclic) bond motifs is 1. The Morgan fingerprint density at radius 3 is 2.40 bits per heavy atom. The second-order valence-corrected chi connectivity index (χ2v) is 8.50. The lowest BCUT2D eigenvalue weighted by Gasteiger charge is -2.38. The van der Waals surface area contributed by atoms with Crippen LogP contribution in [0.25, 0.3) is 10.8 Å². The molecule has 3 rings (SSSR count). The number of likely N-dealkylation sites (N-methyl/N-ethyl adjacent to an activating group) is 1. The van der Waals surface area contributed by atoms with Crippen LogP contribution in [0.4, 0.5) is 4.79 Å². The maximum atomic E-state index is 12.8. The van der Waals surface area contributed by atoms with Gasteiger partial charge in [0.2, 0.25) is 0 Å². The fraction of sp³-hybridized carbons (Fsp3) is 0.500. The van der Waals surface area contributed by atoms with Gasteiger partial charge in [-0.2, -0.15) is 0 Å². The highest BCUT2D eigenvalue weighted by Crippen LogP contribution is 2.30. The summed E-state index contributed by atoms with van der Waals surface area (Å²) in [6.07, 6.45) is 0.663. The molecule has 0 bridgehead atoms. The van der Waals surface area contributed by atoms with Crippen LogP contribution in [-0.2, 0) is 14.9 Å². The predicted octanol–water partition coefficient (Wildman–Crippen LogP) is 4.41. The first-order chi connectivity index (χ1) is 14.3. The van der Waals surface area contributed by atoms with Crippen molar-refractivity contribution in [3.8, 4) is 0 Å². The van der Waals surface area contributed by atoms with E-state index in [4.69, 9.17) is 9.47 Å². The van der Waals surface area contributed by atoms with Crippen LogP contribution in [-0.4, -0.2) is 61.4 Å². The summed E-state index contributed by atoms with van der Waals surface area (Å²) in [5.74, 6) is -0.373. The summed E-state index contributed by atoms with van der Waals surface area (Å²) in [5, 5.41) is 2.12. The number of hydrogen-bond acceptors (Lipinski definition) is 4. The van der Waals surface area contributed by atoms with Crippen LogP contribution in [0.2, 0.25) is 0 Å². The zero-order chi connectivity index (χ0) is 21.9. The average molecular weight is 413 g/mol. The molecule has 0 aromatic heterocycles. The number of carbonyl (C=O) groups is 2. The van der Waals surface area contributed by atoms with E-state index in [0.717, 1.165) is 17.2 Å². The van der Waals surface area contributed by atoms with Gasteiger partial charge >= 0.3 is 12.0 Å². The second-order valence-electron chi connectivity index (χ2n) is 8.50. The van der Waals surface area contributed by atoms with Crippen LogP contribution in [0, 0.1) is 0 Å². The van der Waals surface area contributed by atoms with Gasteiger partial charge in [-0.1, -0.05) is 45.0 Å². The SMILES string of the molecule is CCN1CC(OC(=O)c2ccc3cc(C(C)(C)CC)ccc3c2)CN(COC)C1=O. The molecule has 6 heteroatoms. The van der Waals surface area contributed by atoms with Gasteiger partial charge in [0.15, 0.2) is 0 Å². The summed E-state index contributed by atoms with van der Waals surface area (Å²) in [6, 6.07) is 12.0. The highest BCUT2D eigenvalue weighted by Gasteiger charge is 2.33. The normalized spacial score (nSPS) is 17.5. The zero-order valence-corrected chi connectivity index (χ0v) is 18.6. The smallest absolute Gasteiger partial charge is 0.338 e. The van der Waals surface area contributed by atoms with Crippen molar-refractivity contribution < 1.29 is 19.1 Å². The molecule has 2 amide bonds. The van der Waals surface area contributed by atoms with Gasteiger partial charge in [0.1, 0.15) is 12.8 Å². The van der Waals surface area contributed by atoms with E-state index in [9.17, 15) is 9.59 Å². The van der Waals surface area contributed by atoms with E-state index in [1.165, 1.54) is 5.56 Å². The molecule has 1 heterocycles. The monoisotopic (exact) mass is 412 g/mol. The van der Waals surface area contributed by atoms with Gasteiger partial charge in [-0.15, -0.1) is 0 Å². The number of rotatable bonds is 7. The van der Waals surface area contributed by atoms with Crippen molar-refractivity contribution in [2.24, 2.45) is 0 Å². The summed E-state index contributed by atoms with van der Waals surface area (Å²) in [4.78, 5) is 28.4. The lowest BCUT2D eigenvalue weighted by atomic mass is 9.81. The predicted molar refractivity (Wildman–Crippen MR) is 118 cm³/mol. The van der Waals surface area contributed by atoms with Crippen molar-refractivity contribution >= 4 is 22.8 Å². The molecule has 162 valence electrons. The Labute approximate surface area is 178 Å². The molecule has 0 spiro atoms. The summed E-state index contributed by atoms with van der Waals surface area (Å²) in [7, 11) is 1.54. The Hall–Kier alpha value is -2.60. The van der Waals surface area contributed by atoms with Crippen LogP contribution < -0.4 is 0 Å². The fourth-order valence-corrected chi connectivity index (χ4v) is 3.73. The number of benzene rings is 2. The third kappa shape index (κ3) is 4.59. The largest absolute Gasteiger partial charge is 0.455 e. The third-order valence-corrected chi connectivity index (χ3v) is 6.07. The Morgan fingerprint density at radius 1 is 1.07 bits per heavy atom. The number of carbonyl (C=O) groups excluding carboxylic acids is 2. The first-order valence-electron chi connectivity index (χ1n) is 10.6. The molecule has 30 heavy (non-hydrogen) atoms.